The lowest BCUT2D eigenvalue weighted by molar-refractivity contribution is 0.0918. The van der Waals surface area contributed by atoms with E-state index in [2.05, 4.69) is 10.4 Å². The number of aromatic nitrogens is 2. The van der Waals surface area contributed by atoms with Crippen LogP contribution in [0.15, 0.2) is 36.5 Å². The number of nitrogens with zero attached hydrogens (tertiary/aromatic N) is 2. The van der Waals surface area contributed by atoms with Gasteiger partial charge in [-0.05, 0) is 31.2 Å². The highest BCUT2D eigenvalue weighted by atomic mass is 16.3. The monoisotopic (exact) mass is 260 g/mol. The Balaban J connectivity index is 2.13. The number of carbonyl (C=O) groups excluding carboxylic acids is 1. The van der Waals surface area contributed by atoms with Crippen LogP contribution in [0, 0.1) is 0 Å². The molecule has 1 heterocycles. The van der Waals surface area contributed by atoms with Crippen LogP contribution in [0.1, 0.15) is 17.4 Å². The van der Waals surface area contributed by atoms with Crippen molar-refractivity contribution in [2.75, 3.05) is 12.3 Å². The molecule has 6 nitrogen and oxygen atoms in total. The second-order valence-electron chi connectivity index (χ2n) is 4.30. The van der Waals surface area contributed by atoms with E-state index in [0.29, 0.717) is 11.4 Å². The van der Waals surface area contributed by atoms with Crippen molar-refractivity contribution in [2.24, 2.45) is 0 Å². The highest BCUT2D eigenvalue weighted by Crippen LogP contribution is 2.11. The number of aliphatic hydroxyl groups excluding tert-OH is 1. The molecule has 0 saturated heterocycles. The van der Waals surface area contributed by atoms with Crippen LogP contribution in [0.5, 0.6) is 0 Å². The molecule has 0 saturated carbocycles. The highest BCUT2D eigenvalue weighted by Gasteiger charge is 2.10. The fourth-order valence-corrected chi connectivity index (χ4v) is 1.59. The Labute approximate surface area is 110 Å². The van der Waals surface area contributed by atoms with E-state index in [1.165, 1.54) is 0 Å². The Morgan fingerprint density at radius 3 is 3.00 bits per heavy atom. The molecule has 0 aliphatic heterocycles. The van der Waals surface area contributed by atoms with Crippen molar-refractivity contribution in [1.29, 1.82) is 0 Å². The first-order chi connectivity index (χ1) is 9.06. The second-order valence-corrected chi connectivity index (χ2v) is 4.30. The number of nitrogen functional groups attached to an aromatic ring is 1. The van der Waals surface area contributed by atoms with Gasteiger partial charge in [0.15, 0.2) is 5.69 Å². The Bertz CT molecular complexity index is 578. The summed E-state index contributed by atoms with van der Waals surface area (Å²) >= 11 is 0. The molecule has 2 aromatic rings. The average molecular weight is 260 g/mol. The summed E-state index contributed by atoms with van der Waals surface area (Å²) < 4.78 is 1.58. The van der Waals surface area contributed by atoms with Crippen molar-refractivity contribution in [3.05, 3.63) is 42.2 Å². The summed E-state index contributed by atoms with van der Waals surface area (Å²) in [5, 5.41) is 15.9. The number of amides is 1. The first-order valence-electron chi connectivity index (χ1n) is 5.94. The zero-order chi connectivity index (χ0) is 13.8. The summed E-state index contributed by atoms with van der Waals surface area (Å²) in [6.07, 6.45) is 1.10. The topological polar surface area (TPSA) is 93.2 Å². The van der Waals surface area contributed by atoms with Gasteiger partial charge in [-0.2, -0.15) is 5.10 Å². The standard InChI is InChI=1S/C13H16N4O2/c1-9(18)8-15-13(19)12-5-6-17(16-12)11-4-2-3-10(14)7-11/h2-7,9,18H,8,14H2,1H3,(H,15,19). The minimum atomic E-state index is -0.583. The van der Waals surface area contributed by atoms with Crippen molar-refractivity contribution in [1.82, 2.24) is 15.1 Å². The largest absolute Gasteiger partial charge is 0.399 e. The van der Waals surface area contributed by atoms with E-state index >= 15 is 0 Å². The molecule has 0 bridgehead atoms. The number of aliphatic hydroxyl groups is 1. The molecule has 0 radical (unpaired) electrons. The van der Waals surface area contributed by atoms with Crippen LogP contribution in [0.2, 0.25) is 0 Å². The normalized spacial score (nSPS) is 12.1. The first-order valence-corrected chi connectivity index (χ1v) is 5.94. The van der Waals surface area contributed by atoms with E-state index in [1.807, 2.05) is 12.1 Å². The summed E-state index contributed by atoms with van der Waals surface area (Å²) in [6.45, 7) is 1.80. The molecule has 1 aromatic carbocycles. The SMILES string of the molecule is CC(O)CNC(=O)c1ccn(-c2cccc(N)c2)n1. The number of carbonyl (C=O) groups is 1. The zero-order valence-corrected chi connectivity index (χ0v) is 10.6. The van der Waals surface area contributed by atoms with Crippen molar-refractivity contribution >= 4 is 11.6 Å². The van der Waals surface area contributed by atoms with Crippen LogP contribution >= 0.6 is 0 Å². The quantitative estimate of drug-likeness (QED) is 0.700. The van der Waals surface area contributed by atoms with Gasteiger partial charge in [-0.1, -0.05) is 6.07 Å². The van der Waals surface area contributed by atoms with Gasteiger partial charge in [-0.25, -0.2) is 4.68 Å². The maximum atomic E-state index is 11.7. The van der Waals surface area contributed by atoms with Gasteiger partial charge in [0.05, 0.1) is 11.8 Å². The number of nitrogens with one attached hydrogen (secondary N) is 1. The molecular weight excluding hydrogens is 244 g/mol. The maximum Gasteiger partial charge on any atom is 0.271 e. The average Bonchev–Trinajstić information content (AvgIpc) is 2.85. The second kappa shape index (κ2) is 5.53. The van der Waals surface area contributed by atoms with E-state index in [-0.39, 0.29) is 12.5 Å². The Kier molecular flexibility index (Phi) is 3.82. The van der Waals surface area contributed by atoms with Gasteiger partial charge in [-0.3, -0.25) is 4.79 Å². The number of rotatable bonds is 4. The molecule has 4 N–H and O–H groups in total. The number of hydrogen-bond donors (Lipinski definition) is 3. The lowest BCUT2D eigenvalue weighted by Gasteiger charge is -2.05. The molecule has 1 unspecified atom stereocenters. The van der Waals surface area contributed by atoms with Crippen LogP contribution in [-0.4, -0.2) is 33.4 Å². The smallest absolute Gasteiger partial charge is 0.271 e. The summed E-state index contributed by atoms with van der Waals surface area (Å²) in [5.74, 6) is -0.316. The third kappa shape index (κ3) is 3.32. The molecular formula is C13H16N4O2. The first kappa shape index (κ1) is 13.1. The molecule has 2 rings (SSSR count). The summed E-state index contributed by atoms with van der Waals surface area (Å²) in [6, 6.07) is 8.83. The predicted octanol–water partition coefficient (Wildman–Crippen LogP) is 0.565. The minimum absolute atomic E-state index is 0.198. The molecule has 19 heavy (non-hydrogen) atoms. The summed E-state index contributed by atoms with van der Waals surface area (Å²) in [4.78, 5) is 11.7. The van der Waals surface area contributed by atoms with E-state index in [1.54, 1.807) is 36.0 Å². The lowest BCUT2D eigenvalue weighted by Crippen LogP contribution is -2.30. The molecule has 1 atom stereocenters. The van der Waals surface area contributed by atoms with Gasteiger partial charge in [0.2, 0.25) is 0 Å². The minimum Gasteiger partial charge on any atom is -0.399 e. The Morgan fingerprint density at radius 1 is 1.53 bits per heavy atom. The molecule has 0 aliphatic rings. The van der Waals surface area contributed by atoms with Gasteiger partial charge in [-0.15, -0.1) is 0 Å². The van der Waals surface area contributed by atoms with E-state index in [9.17, 15) is 4.79 Å². The summed E-state index contributed by atoms with van der Waals surface area (Å²) in [7, 11) is 0. The van der Waals surface area contributed by atoms with Gasteiger partial charge >= 0.3 is 0 Å². The van der Waals surface area contributed by atoms with Gasteiger partial charge in [0.25, 0.3) is 5.91 Å². The predicted molar refractivity (Wildman–Crippen MR) is 72.0 cm³/mol. The third-order valence-corrected chi connectivity index (χ3v) is 2.51. The van der Waals surface area contributed by atoms with Crippen LogP contribution < -0.4 is 11.1 Å². The van der Waals surface area contributed by atoms with Crippen LogP contribution in [0.25, 0.3) is 5.69 Å². The number of nitrogens with two attached hydrogens (primary N) is 1. The number of hydrogen-bond acceptors (Lipinski definition) is 4. The van der Waals surface area contributed by atoms with Gasteiger partial charge < -0.3 is 16.2 Å². The number of anilines is 1. The molecule has 1 amide bonds. The fourth-order valence-electron chi connectivity index (χ4n) is 1.59. The Morgan fingerprint density at radius 2 is 2.32 bits per heavy atom. The lowest BCUT2D eigenvalue weighted by atomic mass is 10.3. The molecule has 0 fully saturated rings. The molecule has 100 valence electrons. The van der Waals surface area contributed by atoms with E-state index < -0.39 is 6.10 Å². The van der Waals surface area contributed by atoms with E-state index in [4.69, 9.17) is 10.8 Å². The van der Waals surface area contributed by atoms with Crippen molar-refractivity contribution in [3.8, 4) is 5.69 Å². The molecule has 6 heteroatoms. The molecule has 0 aliphatic carbocycles. The number of benzene rings is 1. The van der Waals surface area contributed by atoms with Crippen molar-refractivity contribution in [3.63, 3.8) is 0 Å². The Hall–Kier alpha value is -2.34. The highest BCUT2D eigenvalue weighted by molar-refractivity contribution is 5.92. The van der Waals surface area contributed by atoms with Crippen molar-refractivity contribution in [2.45, 2.75) is 13.0 Å². The van der Waals surface area contributed by atoms with E-state index in [0.717, 1.165) is 5.69 Å². The van der Waals surface area contributed by atoms with Crippen molar-refractivity contribution < 1.29 is 9.90 Å². The van der Waals surface area contributed by atoms with Crippen LogP contribution in [0.4, 0.5) is 5.69 Å². The zero-order valence-electron chi connectivity index (χ0n) is 10.6. The fraction of sp³-hybridized carbons (Fsp3) is 0.231. The van der Waals surface area contributed by atoms with Gasteiger partial charge in [0, 0.05) is 18.4 Å². The molecule has 0 spiro atoms. The maximum absolute atomic E-state index is 11.7. The molecule has 1 aromatic heterocycles. The summed E-state index contributed by atoms with van der Waals surface area (Å²) in [5.41, 5.74) is 7.41. The third-order valence-electron chi connectivity index (χ3n) is 2.51. The van der Waals surface area contributed by atoms with Crippen LogP contribution in [0.3, 0.4) is 0 Å². The van der Waals surface area contributed by atoms with Gasteiger partial charge in [0.1, 0.15) is 0 Å². The van der Waals surface area contributed by atoms with Crippen LogP contribution in [-0.2, 0) is 0 Å².